The second kappa shape index (κ2) is 4.78. The van der Waals surface area contributed by atoms with E-state index in [1.807, 2.05) is 0 Å². The van der Waals surface area contributed by atoms with E-state index in [-0.39, 0.29) is 6.42 Å². The molecule has 1 rings (SSSR count). The molecule has 0 radical (unpaired) electrons. The molecule has 6 nitrogen and oxygen atoms in total. The van der Waals surface area contributed by atoms with Crippen molar-refractivity contribution in [3.05, 3.63) is 17.0 Å². The van der Waals surface area contributed by atoms with E-state index in [0.717, 1.165) is 0 Å². The summed E-state index contributed by atoms with van der Waals surface area (Å²) in [7, 11) is 0. The molecule has 0 aromatic carbocycles. The fourth-order valence-electron chi connectivity index (χ4n) is 1.20. The average Bonchev–Trinajstić information content (AvgIpc) is 2.49. The maximum Gasteiger partial charge on any atom is 0.311 e. The molecule has 0 unspecified atom stereocenters. The van der Waals surface area contributed by atoms with Crippen LogP contribution in [0.15, 0.2) is 4.52 Å². The Morgan fingerprint density at radius 2 is 2.12 bits per heavy atom. The van der Waals surface area contributed by atoms with Gasteiger partial charge in [-0.15, -0.1) is 0 Å². The van der Waals surface area contributed by atoms with Crippen LogP contribution in [-0.2, 0) is 20.7 Å². The van der Waals surface area contributed by atoms with E-state index in [1.54, 1.807) is 13.8 Å². The third-order valence-electron chi connectivity index (χ3n) is 2.21. The molecule has 1 heterocycles. The number of hydrogen-bond donors (Lipinski definition) is 1. The van der Waals surface area contributed by atoms with Gasteiger partial charge in [0, 0.05) is 5.56 Å². The number of rotatable bonds is 4. The summed E-state index contributed by atoms with van der Waals surface area (Å²) < 4.78 is 9.71. The third kappa shape index (κ3) is 2.82. The van der Waals surface area contributed by atoms with Gasteiger partial charge in [0.1, 0.15) is 5.76 Å². The number of nitrogens with zero attached hydrogens (tertiary/aromatic N) is 1. The molecule has 1 aromatic heterocycles. The summed E-state index contributed by atoms with van der Waals surface area (Å²) in [5, 5.41) is 3.71. The number of aryl methyl sites for hydroxylation is 2. The van der Waals surface area contributed by atoms with Crippen LogP contribution in [0.5, 0.6) is 0 Å². The molecule has 88 valence electrons. The molecule has 0 bridgehead atoms. The molecule has 1 atom stereocenters. The van der Waals surface area contributed by atoms with Crippen molar-refractivity contribution in [2.24, 2.45) is 5.73 Å². The first-order chi connectivity index (χ1) is 7.41. The first kappa shape index (κ1) is 12.2. The lowest BCUT2D eigenvalue weighted by molar-refractivity contribution is -0.153. The number of carbonyl (C=O) groups excluding carboxylic acids is 2. The molecule has 1 aromatic rings. The van der Waals surface area contributed by atoms with Crippen LogP contribution < -0.4 is 5.73 Å². The summed E-state index contributed by atoms with van der Waals surface area (Å²) in [4.78, 5) is 22.1. The lowest BCUT2D eigenvalue weighted by Crippen LogP contribution is -2.31. The van der Waals surface area contributed by atoms with Gasteiger partial charge in [0.2, 0.25) is 0 Å². The van der Waals surface area contributed by atoms with Crippen LogP contribution in [0.3, 0.4) is 0 Å². The van der Waals surface area contributed by atoms with Crippen molar-refractivity contribution in [2.45, 2.75) is 33.3 Å². The number of carbonyl (C=O) groups is 2. The Labute approximate surface area is 92.7 Å². The van der Waals surface area contributed by atoms with Gasteiger partial charge in [-0.2, -0.15) is 0 Å². The number of aromatic nitrogens is 1. The number of ether oxygens (including phenoxy) is 1. The zero-order valence-electron chi connectivity index (χ0n) is 9.44. The van der Waals surface area contributed by atoms with Crippen molar-refractivity contribution < 1.29 is 18.8 Å². The summed E-state index contributed by atoms with van der Waals surface area (Å²) in [5.74, 6) is -0.631. The maximum atomic E-state index is 11.4. The molecule has 0 saturated heterocycles. The van der Waals surface area contributed by atoms with Gasteiger partial charge in [0.15, 0.2) is 6.10 Å². The van der Waals surface area contributed by atoms with E-state index >= 15 is 0 Å². The van der Waals surface area contributed by atoms with Gasteiger partial charge in [-0.3, -0.25) is 9.59 Å². The Kier molecular flexibility index (Phi) is 3.65. The maximum absolute atomic E-state index is 11.4. The minimum absolute atomic E-state index is 0.0266. The highest BCUT2D eigenvalue weighted by atomic mass is 16.5. The minimum Gasteiger partial charge on any atom is -0.452 e. The fraction of sp³-hybridized carbons (Fsp3) is 0.500. The van der Waals surface area contributed by atoms with Gasteiger partial charge in [0.25, 0.3) is 5.91 Å². The van der Waals surface area contributed by atoms with E-state index in [9.17, 15) is 9.59 Å². The van der Waals surface area contributed by atoms with Crippen LogP contribution >= 0.6 is 0 Å². The van der Waals surface area contributed by atoms with Crippen LogP contribution in [-0.4, -0.2) is 23.1 Å². The molecule has 1 amide bonds. The van der Waals surface area contributed by atoms with Crippen molar-refractivity contribution >= 4 is 11.9 Å². The summed E-state index contributed by atoms with van der Waals surface area (Å²) in [6, 6.07) is 0. The van der Waals surface area contributed by atoms with E-state index in [2.05, 4.69) is 5.16 Å². The number of esters is 1. The highest BCUT2D eigenvalue weighted by molar-refractivity contribution is 5.82. The highest BCUT2D eigenvalue weighted by Crippen LogP contribution is 2.13. The van der Waals surface area contributed by atoms with Crippen molar-refractivity contribution in [1.82, 2.24) is 5.16 Å². The summed E-state index contributed by atoms with van der Waals surface area (Å²) >= 11 is 0. The fourth-order valence-corrected chi connectivity index (χ4v) is 1.20. The van der Waals surface area contributed by atoms with Crippen molar-refractivity contribution in [2.75, 3.05) is 0 Å². The second-order valence-electron chi connectivity index (χ2n) is 3.51. The molecule has 2 N–H and O–H groups in total. The molecule has 6 heteroatoms. The molecule has 0 spiro atoms. The molecule has 0 aliphatic heterocycles. The van der Waals surface area contributed by atoms with Crippen molar-refractivity contribution in [3.8, 4) is 0 Å². The third-order valence-corrected chi connectivity index (χ3v) is 2.21. The Balaban J connectivity index is 2.62. The first-order valence-electron chi connectivity index (χ1n) is 4.82. The molecular weight excluding hydrogens is 212 g/mol. The molecular formula is C10H14N2O4. The predicted molar refractivity (Wildman–Crippen MR) is 54.4 cm³/mol. The standard InChI is InChI=1S/C10H14N2O4/c1-5-8(6(2)16-12-5)4-9(13)15-7(3)10(11)14/h7H,4H2,1-3H3,(H2,11,14)/t7-/m1/s1. The Hall–Kier alpha value is -1.85. The highest BCUT2D eigenvalue weighted by Gasteiger charge is 2.18. The summed E-state index contributed by atoms with van der Waals surface area (Å²) in [6.45, 7) is 4.87. The van der Waals surface area contributed by atoms with Crippen molar-refractivity contribution in [1.29, 1.82) is 0 Å². The zero-order chi connectivity index (χ0) is 12.3. The first-order valence-corrected chi connectivity index (χ1v) is 4.82. The molecule has 16 heavy (non-hydrogen) atoms. The van der Waals surface area contributed by atoms with Gasteiger partial charge in [0.05, 0.1) is 12.1 Å². The molecule has 0 aliphatic rings. The Morgan fingerprint density at radius 3 is 2.56 bits per heavy atom. The van der Waals surface area contributed by atoms with Gasteiger partial charge in [-0.05, 0) is 20.8 Å². The number of primary amides is 1. The lowest BCUT2D eigenvalue weighted by Gasteiger charge is -2.08. The van der Waals surface area contributed by atoms with Gasteiger partial charge >= 0.3 is 5.97 Å². The second-order valence-corrected chi connectivity index (χ2v) is 3.51. The zero-order valence-corrected chi connectivity index (χ0v) is 9.44. The van der Waals surface area contributed by atoms with E-state index in [4.69, 9.17) is 15.0 Å². The summed E-state index contributed by atoms with van der Waals surface area (Å²) in [5.41, 5.74) is 6.29. The summed E-state index contributed by atoms with van der Waals surface area (Å²) in [6.07, 6.45) is -0.897. The quantitative estimate of drug-likeness (QED) is 0.742. The van der Waals surface area contributed by atoms with E-state index in [0.29, 0.717) is 17.0 Å². The Morgan fingerprint density at radius 1 is 1.50 bits per heavy atom. The molecule has 0 fully saturated rings. The van der Waals surface area contributed by atoms with Crippen LogP contribution in [0.2, 0.25) is 0 Å². The largest absolute Gasteiger partial charge is 0.452 e. The SMILES string of the molecule is Cc1noc(C)c1CC(=O)O[C@H](C)C(N)=O. The van der Waals surface area contributed by atoms with Crippen LogP contribution in [0.25, 0.3) is 0 Å². The van der Waals surface area contributed by atoms with Gasteiger partial charge in [-0.25, -0.2) is 0 Å². The number of hydrogen-bond acceptors (Lipinski definition) is 5. The normalized spacial score (nSPS) is 12.2. The van der Waals surface area contributed by atoms with Crippen LogP contribution in [0.4, 0.5) is 0 Å². The van der Waals surface area contributed by atoms with Crippen LogP contribution in [0, 0.1) is 13.8 Å². The van der Waals surface area contributed by atoms with Gasteiger partial charge in [-0.1, -0.05) is 5.16 Å². The van der Waals surface area contributed by atoms with E-state index < -0.39 is 18.0 Å². The molecule has 0 saturated carbocycles. The predicted octanol–water partition coefficient (Wildman–Crippen LogP) is 0.251. The minimum atomic E-state index is -0.923. The van der Waals surface area contributed by atoms with Crippen molar-refractivity contribution in [3.63, 3.8) is 0 Å². The average molecular weight is 226 g/mol. The Bertz CT molecular complexity index is 391. The van der Waals surface area contributed by atoms with Crippen LogP contribution in [0.1, 0.15) is 23.9 Å². The number of nitrogens with two attached hydrogens (primary N) is 1. The molecule has 0 aliphatic carbocycles. The van der Waals surface area contributed by atoms with E-state index in [1.165, 1.54) is 6.92 Å². The number of amides is 1. The topological polar surface area (TPSA) is 95.4 Å². The monoisotopic (exact) mass is 226 g/mol. The van der Waals surface area contributed by atoms with Gasteiger partial charge < -0.3 is 15.0 Å². The smallest absolute Gasteiger partial charge is 0.311 e. The lowest BCUT2D eigenvalue weighted by atomic mass is 10.1.